The highest BCUT2D eigenvalue weighted by Crippen LogP contribution is 2.25. The Labute approximate surface area is 150 Å². The summed E-state index contributed by atoms with van der Waals surface area (Å²) in [4.78, 5) is 25.1. The SMILES string of the molecule is CS(=O)(=O)N(CC(=O)N1CCC(C(N)=O)CC1)c1ccc(F)c(Cl)c1. The molecule has 2 amide bonds. The van der Waals surface area contributed by atoms with E-state index >= 15 is 0 Å². The van der Waals surface area contributed by atoms with E-state index in [4.69, 9.17) is 17.3 Å². The summed E-state index contributed by atoms with van der Waals surface area (Å²) in [5.74, 6) is -1.76. The second kappa shape index (κ2) is 7.57. The number of hydrogen-bond donors (Lipinski definition) is 1. The first-order chi connectivity index (χ1) is 11.6. The number of carbonyl (C=O) groups is 2. The van der Waals surface area contributed by atoms with Crippen LogP contribution in [-0.4, -0.2) is 51.0 Å². The molecule has 7 nitrogen and oxygen atoms in total. The molecule has 0 saturated carbocycles. The van der Waals surface area contributed by atoms with Crippen molar-refractivity contribution in [3.05, 3.63) is 29.0 Å². The molecule has 0 bridgehead atoms. The molecule has 1 aromatic rings. The van der Waals surface area contributed by atoms with Crippen LogP contribution in [0.15, 0.2) is 18.2 Å². The van der Waals surface area contributed by atoms with E-state index in [0.717, 1.165) is 22.7 Å². The standard InChI is InChI=1S/C15H19ClFN3O4S/c1-25(23,24)20(11-2-3-13(17)12(16)8-11)9-14(21)19-6-4-10(5-7-19)15(18)22/h2-3,8,10H,4-7,9H2,1H3,(H2,18,22). The maximum absolute atomic E-state index is 13.3. The number of anilines is 1. The van der Waals surface area contributed by atoms with Crippen LogP contribution < -0.4 is 10.0 Å². The Bertz CT molecular complexity index is 779. The van der Waals surface area contributed by atoms with Crippen LogP contribution in [0, 0.1) is 11.7 Å². The summed E-state index contributed by atoms with van der Waals surface area (Å²) in [6.45, 7) is 0.227. The number of primary amides is 1. The van der Waals surface area contributed by atoms with Gasteiger partial charge in [0.2, 0.25) is 21.8 Å². The Morgan fingerprint density at radius 1 is 1.36 bits per heavy atom. The number of hydrogen-bond acceptors (Lipinski definition) is 4. The molecular formula is C15H19ClFN3O4S. The van der Waals surface area contributed by atoms with E-state index in [1.807, 2.05) is 0 Å². The smallest absolute Gasteiger partial charge is 0.243 e. The van der Waals surface area contributed by atoms with E-state index in [1.54, 1.807) is 0 Å². The summed E-state index contributed by atoms with van der Waals surface area (Å²) in [5.41, 5.74) is 5.36. The highest BCUT2D eigenvalue weighted by molar-refractivity contribution is 7.92. The summed E-state index contributed by atoms with van der Waals surface area (Å²) in [6, 6.07) is 3.44. The molecule has 1 heterocycles. The number of nitrogens with two attached hydrogens (primary N) is 1. The molecule has 1 saturated heterocycles. The predicted molar refractivity (Wildman–Crippen MR) is 92.1 cm³/mol. The lowest BCUT2D eigenvalue weighted by molar-refractivity contribution is -0.133. The van der Waals surface area contributed by atoms with Crippen LogP contribution in [0.4, 0.5) is 10.1 Å². The second-order valence-electron chi connectivity index (χ2n) is 5.93. The minimum absolute atomic E-state index is 0.106. The minimum atomic E-state index is -3.77. The molecule has 1 aromatic carbocycles. The Kier molecular flexibility index (Phi) is 5.89. The summed E-state index contributed by atoms with van der Waals surface area (Å²) in [7, 11) is -3.77. The maximum atomic E-state index is 13.3. The van der Waals surface area contributed by atoms with E-state index in [0.29, 0.717) is 25.9 Å². The molecule has 10 heteroatoms. The van der Waals surface area contributed by atoms with Crippen molar-refractivity contribution in [2.75, 3.05) is 30.2 Å². The lowest BCUT2D eigenvalue weighted by atomic mass is 9.96. The predicted octanol–water partition coefficient (Wildman–Crippen LogP) is 0.969. The van der Waals surface area contributed by atoms with E-state index in [2.05, 4.69) is 0 Å². The van der Waals surface area contributed by atoms with Crippen LogP contribution in [0.3, 0.4) is 0 Å². The van der Waals surface area contributed by atoms with Crippen LogP contribution >= 0.6 is 11.6 Å². The van der Waals surface area contributed by atoms with Gasteiger partial charge in [-0.05, 0) is 31.0 Å². The van der Waals surface area contributed by atoms with Gasteiger partial charge in [-0.1, -0.05) is 11.6 Å². The fraction of sp³-hybridized carbons (Fsp3) is 0.467. The van der Waals surface area contributed by atoms with Gasteiger partial charge in [0.15, 0.2) is 0 Å². The number of nitrogens with zero attached hydrogens (tertiary/aromatic N) is 2. The lowest BCUT2D eigenvalue weighted by Gasteiger charge is -2.32. The first-order valence-electron chi connectivity index (χ1n) is 7.59. The fourth-order valence-corrected chi connectivity index (χ4v) is 3.69. The first-order valence-corrected chi connectivity index (χ1v) is 9.82. The zero-order chi connectivity index (χ0) is 18.8. The van der Waals surface area contributed by atoms with Crippen molar-refractivity contribution < 1.29 is 22.4 Å². The minimum Gasteiger partial charge on any atom is -0.369 e. The molecule has 0 aliphatic carbocycles. The van der Waals surface area contributed by atoms with E-state index in [9.17, 15) is 22.4 Å². The summed E-state index contributed by atoms with van der Waals surface area (Å²) in [5, 5.41) is -0.235. The summed E-state index contributed by atoms with van der Waals surface area (Å²) < 4.78 is 38.3. The summed E-state index contributed by atoms with van der Waals surface area (Å²) >= 11 is 5.70. The molecule has 0 unspecified atom stereocenters. The van der Waals surface area contributed by atoms with Crippen LogP contribution in [0.1, 0.15) is 12.8 Å². The molecule has 1 aliphatic rings. The zero-order valence-corrected chi connectivity index (χ0v) is 15.2. The first kappa shape index (κ1) is 19.5. The van der Waals surface area contributed by atoms with E-state index in [-0.39, 0.29) is 16.6 Å². The van der Waals surface area contributed by atoms with Crippen LogP contribution in [0.25, 0.3) is 0 Å². The number of rotatable bonds is 5. The number of carbonyl (C=O) groups excluding carboxylic acids is 2. The summed E-state index contributed by atoms with van der Waals surface area (Å²) in [6.07, 6.45) is 1.85. The highest BCUT2D eigenvalue weighted by Gasteiger charge is 2.29. The van der Waals surface area contributed by atoms with Gasteiger partial charge in [0.1, 0.15) is 12.4 Å². The molecule has 1 aliphatic heterocycles. The van der Waals surface area contributed by atoms with Gasteiger partial charge >= 0.3 is 0 Å². The molecule has 0 spiro atoms. The van der Waals surface area contributed by atoms with Crippen molar-refractivity contribution in [3.63, 3.8) is 0 Å². The number of likely N-dealkylation sites (tertiary alicyclic amines) is 1. The van der Waals surface area contributed by atoms with Crippen molar-refractivity contribution in [1.29, 1.82) is 0 Å². The van der Waals surface area contributed by atoms with Crippen molar-refractivity contribution in [1.82, 2.24) is 4.90 Å². The Hall–Kier alpha value is -1.87. The van der Waals surface area contributed by atoms with E-state index in [1.165, 1.54) is 11.0 Å². The monoisotopic (exact) mass is 391 g/mol. The van der Waals surface area contributed by atoms with Crippen molar-refractivity contribution in [3.8, 4) is 0 Å². The Morgan fingerprint density at radius 3 is 2.44 bits per heavy atom. The Morgan fingerprint density at radius 2 is 1.96 bits per heavy atom. The Balaban J connectivity index is 2.14. The molecule has 2 rings (SSSR count). The largest absolute Gasteiger partial charge is 0.369 e. The van der Waals surface area contributed by atoms with Gasteiger partial charge < -0.3 is 10.6 Å². The van der Waals surface area contributed by atoms with Crippen LogP contribution in [0.2, 0.25) is 5.02 Å². The van der Waals surface area contributed by atoms with Gasteiger partial charge in [-0.2, -0.15) is 0 Å². The highest BCUT2D eigenvalue weighted by atomic mass is 35.5. The number of benzene rings is 1. The van der Waals surface area contributed by atoms with E-state index < -0.39 is 34.2 Å². The molecular weight excluding hydrogens is 373 g/mol. The van der Waals surface area contributed by atoms with Crippen LogP contribution in [-0.2, 0) is 19.6 Å². The van der Waals surface area contributed by atoms with Gasteiger partial charge in [-0.15, -0.1) is 0 Å². The molecule has 2 N–H and O–H groups in total. The second-order valence-corrected chi connectivity index (χ2v) is 8.24. The molecule has 0 atom stereocenters. The quantitative estimate of drug-likeness (QED) is 0.808. The third kappa shape index (κ3) is 4.82. The third-order valence-electron chi connectivity index (χ3n) is 4.12. The zero-order valence-electron chi connectivity index (χ0n) is 13.6. The maximum Gasteiger partial charge on any atom is 0.243 e. The topological polar surface area (TPSA) is 101 Å². The number of amides is 2. The van der Waals surface area contributed by atoms with Gasteiger partial charge in [0, 0.05) is 19.0 Å². The average Bonchev–Trinajstić information content (AvgIpc) is 2.54. The molecule has 25 heavy (non-hydrogen) atoms. The van der Waals surface area contributed by atoms with Gasteiger partial charge in [0.25, 0.3) is 0 Å². The third-order valence-corrected chi connectivity index (χ3v) is 5.55. The van der Waals surface area contributed by atoms with Gasteiger partial charge in [-0.3, -0.25) is 13.9 Å². The molecule has 0 aromatic heterocycles. The van der Waals surface area contributed by atoms with Gasteiger partial charge in [-0.25, -0.2) is 12.8 Å². The average molecular weight is 392 g/mol. The molecule has 1 fully saturated rings. The lowest BCUT2D eigenvalue weighted by Crippen LogP contribution is -2.47. The number of piperidine rings is 1. The van der Waals surface area contributed by atoms with Crippen molar-refractivity contribution >= 4 is 39.1 Å². The fourth-order valence-electron chi connectivity index (χ4n) is 2.68. The van der Waals surface area contributed by atoms with Crippen molar-refractivity contribution in [2.24, 2.45) is 11.7 Å². The normalized spacial score (nSPS) is 15.9. The number of halogens is 2. The van der Waals surface area contributed by atoms with Gasteiger partial charge in [0.05, 0.1) is 17.0 Å². The molecule has 0 radical (unpaired) electrons. The van der Waals surface area contributed by atoms with Crippen LogP contribution in [0.5, 0.6) is 0 Å². The number of sulfonamides is 1. The molecule has 138 valence electrons. The van der Waals surface area contributed by atoms with Crippen molar-refractivity contribution in [2.45, 2.75) is 12.8 Å².